The number of nitrogens with one attached hydrogen (secondary N) is 1. The zero-order valence-corrected chi connectivity index (χ0v) is 17.7. The summed E-state index contributed by atoms with van der Waals surface area (Å²) < 4.78 is 5.33. The molecule has 1 saturated heterocycles. The Hall–Kier alpha value is -2.57. The van der Waals surface area contributed by atoms with Gasteiger partial charge in [0.2, 0.25) is 0 Å². The molecule has 5 rings (SSSR count). The second kappa shape index (κ2) is 7.69. The molecule has 150 valence electrons. The van der Waals surface area contributed by atoms with E-state index in [1.807, 2.05) is 17.4 Å². The lowest BCUT2D eigenvalue weighted by Gasteiger charge is -2.39. The molecule has 2 aromatic carbocycles. The quantitative estimate of drug-likeness (QED) is 0.688. The van der Waals surface area contributed by atoms with Crippen LogP contribution in [-0.2, 0) is 0 Å². The van der Waals surface area contributed by atoms with Gasteiger partial charge in [-0.2, -0.15) is 0 Å². The topological polar surface area (TPSA) is 40.1 Å². The van der Waals surface area contributed by atoms with Gasteiger partial charge in [-0.15, -0.1) is 11.3 Å². The van der Waals surface area contributed by atoms with Crippen molar-refractivity contribution in [3.8, 4) is 5.75 Å². The normalized spacial score (nSPS) is 17.9. The second-order valence-electron chi connectivity index (χ2n) is 7.84. The number of fused-ring (bicyclic) bond motifs is 2. The molecular formula is C23H26N4OS. The highest BCUT2D eigenvalue weighted by Crippen LogP contribution is 2.35. The maximum absolute atomic E-state index is 5.33. The Bertz CT molecular complexity index is 1050. The fourth-order valence-electron chi connectivity index (χ4n) is 4.26. The van der Waals surface area contributed by atoms with Gasteiger partial charge in [0, 0.05) is 11.7 Å². The average Bonchev–Trinajstić information content (AvgIpc) is 3.25. The van der Waals surface area contributed by atoms with Crippen molar-refractivity contribution >= 4 is 38.6 Å². The van der Waals surface area contributed by atoms with Crippen molar-refractivity contribution in [2.45, 2.75) is 18.9 Å². The molecule has 0 atom stereocenters. The van der Waals surface area contributed by atoms with Crippen LogP contribution in [0.15, 0.2) is 52.8 Å². The minimum absolute atomic E-state index is 0.588. The van der Waals surface area contributed by atoms with Crippen molar-refractivity contribution in [2.75, 3.05) is 44.1 Å². The van der Waals surface area contributed by atoms with E-state index in [0.717, 1.165) is 23.9 Å². The number of piperidine rings is 1. The van der Waals surface area contributed by atoms with Crippen molar-refractivity contribution in [1.29, 1.82) is 0 Å². The van der Waals surface area contributed by atoms with E-state index in [1.165, 1.54) is 47.3 Å². The third kappa shape index (κ3) is 3.58. The summed E-state index contributed by atoms with van der Waals surface area (Å²) in [7, 11) is 3.91. The van der Waals surface area contributed by atoms with Gasteiger partial charge in [0.1, 0.15) is 23.3 Å². The van der Waals surface area contributed by atoms with Crippen LogP contribution >= 0.6 is 11.3 Å². The molecule has 0 bridgehead atoms. The van der Waals surface area contributed by atoms with E-state index in [4.69, 9.17) is 9.73 Å². The van der Waals surface area contributed by atoms with E-state index in [9.17, 15) is 0 Å². The van der Waals surface area contributed by atoms with Crippen LogP contribution in [0.25, 0.3) is 10.8 Å². The Morgan fingerprint density at radius 2 is 1.86 bits per heavy atom. The molecule has 0 aliphatic carbocycles. The SMILES string of the molecule is COc1ccc2cc(NC3=NCN(C4CCN(C)CC4)c4sccc43)ccc2c1. The molecule has 3 heterocycles. The molecule has 1 fully saturated rings. The maximum atomic E-state index is 5.33. The van der Waals surface area contributed by atoms with Gasteiger partial charge in [-0.05, 0) is 79.5 Å². The molecule has 0 radical (unpaired) electrons. The first-order valence-electron chi connectivity index (χ1n) is 10.1. The average molecular weight is 407 g/mol. The van der Waals surface area contributed by atoms with Crippen LogP contribution in [-0.4, -0.2) is 50.7 Å². The lowest BCUT2D eigenvalue weighted by atomic mass is 10.0. The number of likely N-dealkylation sites (tertiary alicyclic amines) is 1. The van der Waals surface area contributed by atoms with Crippen LogP contribution in [0.5, 0.6) is 5.75 Å². The van der Waals surface area contributed by atoms with Gasteiger partial charge in [0.05, 0.1) is 12.7 Å². The number of amidine groups is 1. The van der Waals surface area contributed by atoms with Crippen molar-refractivity contribution in [3.63, 3.8) is 0 Å². The van der Waals surface area contributed by atoms with Gasteiger partial charge >= 0.3 is 0 Å². The largest absolute Gasteiger partial charge is 0.497 e. The van der Waals surface area contributed by atoms with Crippen molar-refractivity contribution < 1.29 is 4.74 Å². The van der Waals surface area contributed by atoms with Gasteiger partial charge < -0.3 is 19.9 Å². The number of anilines is 2. The number of benzene rings is 2. The third-order valence-corrected chi connectivity index (χ3v) is 6.93. The number of hydrogen-bond donors (Lipinski definition) is 1. The van der Waals surface area contributed by atoms with Crippen LogP contribution in [0.1, 0.15) is 18.4 Å². The van der Waals surface area contributed by atoms with Crippen LogP contribution in [0.2, 0.25) is 0 Å². The number of thiophene rings is 1. The predicted molar refractivity (Wildman–Crippen MR) is 123 cm³/mol. The van der Waals surface area contributed by atoms with E-state index in [2.05, 4.69) is 63.9 Å². The molecule has 0 spiro atoms. The molecule has 2 aliphatic heterocycles. The highest BCUT2D eigenvalue weighted by Gasteiger charge is 2.29. The zero-order chi connectivity index (χ0) is 19.8. The zero-order valence-electron chi connectivity index (χ0n) is 16.9. The van der Waals surface area contributed by atoms with E-state index < -0.39 is 0 Å². The first-order chi connectivity index (χ1) is 14.2. The monoisotopic (exact) mass is 406 g/mol. The minimum atomic E-state index is 0.588. The first kappa shape index (κ1) is 18.5. The van der Waals surface area contributed by atoms with E-state index >= 15 is 0 Å². The van der Waals surface area contributed by atoms with Gasteiger partial charge in [-0.25, -0.2) is 4.99 Å². The number of methoxy groups -OCH3 is 1. The fourth-order valence-corrected chi connectivity index (χ4v) is 5.23. The highest BCUT2D eigenvalue weighted by molar-refractivity contribution is 7.14. The number of rotatable bonds is 3. The molecule has 5 nitrogen and oxygen atoms in total. The van der Waals surface area contributed by atoms with Gasteiger partial charge in [-0.3, -0.25) is 0 Å². The number of aliphatic imine (C=N–C) groups is 1. The molecule has 3 aromatic rings. The van der Waals surface area contributed by atoms with E-state index in [-0.39, 0.29) is 0 Å². The smallest absolute Gasteiger partial charge is 0.137 e. The van der Waals surface area contributed by atoms with Crippen molar-refractivity contribution in [3.05, 3.63) is 53.4 Å². The Morgan fingerprint density at radius 3 is 2.69 bits per heavy atom. The third-order valence-electron chi connectivity index (χ3n) is 5.98. The minimum Gasteiger partial charge on any atom is -0.497 e. The molecule has 0 amide bonds. The van der Waals surface area contributed by atoms with Crippen LogP contribution in [0.3, 0.4) is 0 Å². The maximum Gasteiger partial charge on any atom is 0.137 e. The summed E-state index contributed by atoms with van der Waals surface area (Å²) >= 11 is 1.83. The van der Waals surface area contributed by atoms with Crippen LogP contribution in [0, 0.1) is 0 Å². The molecular weight excluding hydrogens is 380 g/mol. The summed E-state index contributed by atoms with van der Waals surface area (Å²) in [5.74, 6) is 1.85. The van der Waals surface area contributed by atoms with Crippen molar-refractivity contribution in [2.24, 2.45) is 4.99 Å². The number of hydrogen-bond acceptors (Lipinski definition) is 6. The van der Waals surface area contributed by atoms with Crippen molar-refractivity contribution in [1.82, 2.24) is 4.90 Å². The summed E-state index contributed by atoms with van der Waals surface area (Å²) in [6.45, 7) is 3.06. The predicted octanol–water partition coefficient (Wildman–Crippen LogP) is 4.64. The summed E-state index contributed by atoms with van der Waals surface area (Å²) in [4.78, 5) is 9.85. The van der Waals surface area contributed by atoms with Gasteiger partial charge in [0.15, 0.2) is 0 Å². The molecule has 0 saturated carbocycles. The standard InChI is InChI=1S/C23H26N4OS/c1-26-10-7-19(8-11-26)27-15-24-22(21-9-12-29-23(21)27)25-18-5-3-17-14-20(28-2)6-4-16(17)13-18/h3-6,9,12-14,19H,7-8,10-11,15H2,1-2H3,(H,24,25). The highest BCUT2D eigenvalue weighted by atomic mass is 32.1. The second-order valence-corrected chi connectivity index (χ2v) is 8.74. The number of ether oxygens (including phenoxy) is 1. The first-order valence-corrected chi connectivity index (χ1v) is 11.0. The molecule has 2 aliphatic rings. The molecule has 1 N–H and O–H groups in total. The van der Waals surface area contributed by atoms with E-state index in [1.54, 1.807) is 7.11 Å². The Labute approximate surface area is 175 Å². The lowest BCUT2D eigenvalue weighted by molar-refractivity contribution is 0.250. The Morgan fingerprint density at radius 1 is 1.07 bits per heavy atom. The summed E-state index contributed by atoms with van der Waals surface area (Å²) in [6.07, 6.45) is 2.42. The summed E-state index contributed by atoms with van der Waals surface area (Å²) in [5, 5.41) is 9.45. The Kier molecular flexibility index (Phi) is 4.89. The number of nitrogens with zero attached hydrogens (tertiary/aromatic N) is 3. The molecule has 1 aromatic heterocycles. The van der Waals surface area contributed by atoms with E-state index in [0.29, 0.717) is 6.04 Å². The van der Waals surface area contributed by atoms with Crippen LogP contribution in [0.4, 0.5) is 10.7 Å². The summed E-state index contributed by atoms with van der Waals surface area (Å²) in [6, 6.07) is 15.4. The van der Waals surface area contributed by atoms with Crippen LogP contribution < -0.4 is 15.0 Å². The summed E-state index contributed by atoms with van der Waals surface area (Å²) in [5.41, 5.74) is 2.28. The lowest BCUT2D eigenvalue weighted by Crippen LogP contribution is -2.45. The van der Waals surface area contributed by atoms with Gasteiger partial charge in [0.25, 0.3) is 0 Å². The molecule has 0 unspecified atom stereocenters. The molecule has 29 heavy (non-hydrogen) atoms. The Balaban J connectivity index is 1.38. The molecule has 6 heteroatoms. The fraction of sp³-hybridized carbons (Fsp3) is 0.348. The van der Waals surface area contributed by atoms with Gasteiger partial charge in [-0.1, -0.05) is 12.1 Å².